The SMILES string of the molecule is O=C1CC(=O)C2CC(OC3CCC4C(=O)CC(=O)C4C3)CCC12. The van der Waals surface area contributed by atoms with E-state index in [1.54, 1.807) is 0 Å². The lowest BCUT2D eigenvalue weighted by molar-refractivity contribution is -0.131. The maximum absolute atomic E-state index is 11.9. The van der Waals surface area contributed by atoms with E-state index in [0.29, 0.717) is 12.8 Å². The van der Waals surface area contributed by atoms with Gasteiger partial charge < -0.3 is 4.74 Å². The van der Waals surface area contributed by atoms with Crippen molar-refractivity contribution in [2.45, 2.75) is 63.6 Å². The Morgan fingerprint density at radius 2 is 0.957 bits per heavy atom. The van der Waals surface area contributed by atoms with E-state index < -0.39 is 0 Å². The lowest BCUT2D eigenvalue weighted by Gasteiger charge is -2.36. The van der Waals surface area contributed by atoms with Gasteiger partial charge in [0.2, 0.25) is 0 Å². The molecule has 5 nitrogen and oxygen atoms in total. The van der Waals surface area contributed by atoms with Crippen LogP contribution in [0.5, 0.6) is 0 Å². The molecule has 4 fully saturated rings. The van der Waals surface area contributed by atoms with Crippen molar-refractivity contribution in [3.63, 3.8) is 0 Å². The Kier molecular flexibility index (Phi) is 3.71. The van der Waals surface area contributed by atoms with Gasteiger partial charge in [0, 0.05) is 23.7 Å². The number of Topliss-reactive ketones (excluding diaryl/α,β-unsaturated/α-hetero) is 4. The summed E-state index contributed by atoms with van der Waals surface area (Å²) >= 11 is 0. The summed E-state index contributed by atoms with van der Waals surface area (Å²) in [6, 6.07) is 0. The summed E-state index contributed by atoms with van der Waals surface area (Å²) in [6.45, 7) is 0. The zero-order valence-corrected chi connectivity index (χ0v) is 13.2. The Morgan fingerprint density at radius 3 is 1.39 bits per heavy atom. The van der Waals surface area contributed by atoms with Gasteiger partial charge in [-0.3, -0.25) is 19.2 Å². The first-order valence-electron chi connectivity index (χ1n) is 8.79. The Morgan fingerprint density at radius 1 is 0.565 bits per heavy atom. The van der Waals surface area contributed by atoms with Gasteiger partial charge in [-0.25, -0.2) is 0 Å². The molecule has 23 heavy (non-hydrogen) atoms. The number of ether oxygens (including phenoxy) is 1. The second kappa shape index (κ2) is 5.62. The molecule has 0 bridgehead atoms. The molecular weight excluding hydrogens is 296 g/mol. The summed E-state index contributed by atoms with van der Waals surface area (Å²) in [5.74, 6) is -0.0796. The molecule has 0 saturated heterocycles. The van der Waals surface area contributed by atoms with Crippen molar-refractivity contribution >= 4 is 23.1 Å². The highest BCUT2D eigenvalue weighted by atomic mass is 16.5. The van der Waals surface area contributed by atoms with Gasteiger partial charge in [-0.2, -0.15) is 0 Å². The van der Waals surface area contributed by atoms with Crippen LogP contribution in [-0.4, -0.2) is 35.3 Å². The molecule has 0 heterocycles. The average molecular weight is 318 g/mol. The Balaban J connectivity index is 1.36. The van der Waals surface area contributed by atoms with E-state index in [1.165, 1.54) is 0 Å². The predicted octanol–water partition coefficient (Wildman–Crippen LogP) is 1.66. The summed E-state index contributed by atoms with van der Waals surface area (Å²) in [7, 11) is 0. The van der Waals surface area contributed by atoms with E-state index in [9.17, 15) is 19.2 Å². The minimum Gasteiger partial charge on any atom is -0.375 e. The molecule has 4 rings (SSSR count). The molecule has 0 N–H and O–H groups in total. The van der Waals surface area contributed by atoms with Crippen LogP contribution in [0.4, 0.5) is 0 Å². The van der Waals surface area contributed by atoms with Crippen LogP contribution in [0.1, 0.15) is 51.4 Å². The normalized spacial score (nSPS) is 43.7. The summed E-state index contributed by atoms with van der Waals surface area (Å²) in [5, 5.41) is 0. The number of fused-ring (bicyclic) bond motifs is 2. The van der Waals surface area contributed by atoms with Crippen molar-refractivity contribution in [2.24, 2.45) is 23.7 Å². The van der Waals surface area contributed by atoms with Crippen LogP contribution in [0.2, 0.25) is 0 Å². The van der Waals surface area contributed by atoms with E-state index in [2.05, 4.69) is 0 Å². The van der Waals surface area contributed by atoms with Gasteiger partial charge in [-0.1, -0.05) is 0 Å². The zero-order valence-electron chi connectivity index (χ0n) is 13.2. The van der Waals surface area contributed by atoms with Crippen LogP contribution in [0.25, 0.3) is 0 Å². The number of rotatable bonds is 2. The van der Waals surface area contributed by atoms with E-state index in [1.807, 2.05) is 0 Å². The van der Waals surface area contributed by atoms with Gasteiger partial charge >= 0.3 is 0 Å². The fraction of sp³-hybridized carbons (Fsp3) is 0.778. The van der Waals surface area contributed by atoms with Gasteiger partial charge in [0.15, 0.2) is 0 Å². The molecule has 0 spiro atoms. The van der Waals surface area contributed by atoms with Crippen molar-refractivity contribution < 1.29 is 23.9 Å². The monoisotopic (exact) mass is 318 g/mol. The second-order valence-corrected chi connectivity index (χ2v) is 7.65. The van der Waals surface area contributed by atoms with Crippen molar-refractivity contribution in [1.82, 2.24) is 0 Å². The van der Waals surface area contributed by atoms with Crippen molar-refractivity contribution in [1.29, 1.82) is 0 Å². The highest BCUT2D eigenvalue weighted by molar-refractivity contribution is 6.09. The van der Waals surface area contributed by atoms with Crippen molar-refractivity contribution in [3.05, 3.63) is 0 Å². The first-order chi connectivity index (χ1) is 11.0. The van der Waals surface area contributed by atoms with Crippen molar-refractivity contribution in [2.75, 3.05) is 0 Å². The second-order valence-electron chi connectivity index (χ2n) is 7.65. The van der Waals surface area contributed by atoms with Gasteiger partial charge in [0.25, 0.3) is 0 Å². The number of carbonyl (C=O) groups is 4. The van der Waals surface area contributed by atoms with Crippen LogP contribution in [0, 0.1) is 23.7 Å². The molecule has 0 amide bonds. The zero-order chi connectivity index (χ0) is 16.1. The van der Waals surface area contributed by atoms with E-state index in [4.69, 9.17) is 4.74 Å². The van der Waals surface area contributed by atoms with Gasteiger partial charge in [0.05, 0.1) is 25.0 Å². The highest BCUT2D eigenvalue weighted by Gasteiger charge is 2.48. The number of hydrogen-bond donors (Lipinski definition) is 0. The smallest absolute Gasteiger partial charge is 0.144 e. The minimum absolute atomic E-state index is 0.0138. The summed E-state index contributed by atoms with van der Waals surface area (Å²) in [6.07, 6.45) is 4.65. The number of carbonyl (C=O) groups excluding carboxylic acids is 4. The van der Waals surface area contributed by atoms with Crippen LogP contribution >= 0.6 is 0 Å². The van der Waals surface area contributed by atoms with E-state index in [-0.39, 0.29) is 71.9 Å². The lowest BCUT2D eigenvalue weighted by atomic mass is 9.78. The minimum atomic E-state index is -0.146. The van der Waals surface area contributed by atoms with Gasteiger partial charge in [-0.15, -0.1) is 0 Å². The first kappa shape index (κ1) is 15.2. The molecule has 4 saturated carbocycles. The maximum Gasteiger partial charge on any atom is 0.144 e. The first-order valence-corrected chi connectivity index (χ1v) is 8.79. The molecule has 0 radical (unpaired) electrons. The van der Waals surface area contributed by atoms with Crippen LogP contribution in [-0.2, 0) is 23.9 Å². The summed E-state index contributed by atoms with van der Waals surface area (Å²) < 4.78 is 6.19. The quantitative estimate of drug-likeness (QED) is 0.724. The third-order valence-corrected chi connectivity index (χ3v) is 6.34. The summed E-state index contributed by atoms with van der Waals surface area (Å²) in [5.41, 5.74) is 0. The van der Waals surface area contributed by atoms with Gasteiger partial charge in [0.1, 0.15) is 23.1 Å². The molecule has 0 aromatic heterocycles. The number of ketones is 4. The third kappa shape index (κ3) is 2.59. The van der Waals surface area contributed by atoms with Crippen molar-refractivity contribution in [3.8, 4) is 0 Å². The van der Waals surface area contributed by atoms with E-state index in [0.717, 1.165) is 25.7 Å². The van der Waals surface area contributed by atoms with Gasteiger partial charge in [-0.05, 0) is 38.5 Å². The van der Waals surface area contributed by atoms with Crippen LogP contribution < -0.4 is 0 Å². The molecule has 0 aromatic carbocycles. The molecule has 4 aliphatic carbocycles. The Hall–Kier alpha value is -1.36. The third-order valence-electron chi connectivity index (χ3n) is 6.34. The van der Waals surface area contributed by atoms with E-state index >= 15 is 0 Å². The molecule has 0 aliphatic heterocycles. The molecule has 6 atom stereocenters. The molecule has 124 valence electrons. The topological polar surface area (TPSA) is 77.5 Å². The van der Waals surface area contributed by atoms with Crippen LogP contribution in [0.3, 0.4) is 0 Å². The van der Waals surface area contributed by atoms with Crippen LogP contribution in [0.15, 0.2) is 0 Å². The fourth-order valence-corrected chi connectivity index (χ4v) is 5.13. The molecule has 0 aromatic rings. The molecule has 6 unspecified atom stereocenters. The lowest BCUT2D eigenvalue weighted by Crippen LogP contribution is -2.37. The average Bonchev–Trinajstić information content (AvgIpc) is 2.96. The fourth-order valence-electron chi connectivity index (χ4n) is 5.13. The number of hydrogen-bond acceptors (Lipinski definition) is 5. The maximum atomic E-state index is 11.9. The molecule has 5 heteroatoms. The highest BCUT2D eigenvalue weighted by Crippen LogP contribution is 2.42. The standard InChI is InChI=1S/C18H22O5/c19-15-7-17(21)13-5-9(1-3-11(13)15)23-10-2-4-12-14(6-10)18(22)8-16(12)20/h9-14H,1-8H2. The largest absolute Gasteiger partial charge is 0.375 e. The Labute approximate surface area is 135 Å². The molecular formula is C18H22O5. The predicted molar refractivity (Wildman–Crippen MR) is 79.6 cm³/mol. The molecule has 4 aliphatic rings. The summed E-state index contributed by atoms with van der Waals surface area (Å²) in [4.78, 5) is 47.4. The Bertz CT molecular complexity index is 530.